The number of H-pyrrole nitrogens is 1. The molecule has 5 nitrogen and oxygen atoms in total. The van der Waals surface area contributed by atoms with Crippen LogP contribution in [0.4, 0.5) is 4.39 Å². The Labute approximate surface area is 135 Å². The third kappa shape index (κ3) is 2.16. The second-order valence-electron chi connectivity index (χ2n) is 5.35. The molecular weight excluding hydrogens is 309 g/mol. The van der Waals surface area contributed by atoms with Gasteiger partial charge in [-0.15, -0.1) is 0 Å². The van der Waals surface area contributed by atoms with E-state index in [1.807, 2.05) is 6.07 Å². The molecule has 0 unspecified atom stereocenters. The summed E-state index contributed by atoms with van der Waals surface area (Å²) < 4.78 is 14.7. The molecule has 118 valence electrons. The fourth-order valence-electron chi connectivity index (χ4n) is 2.74. The molecule has 0 aliphatic heterocycles. The lowest BCUT2D eigenvalue weighted by atomic mass is 10.1. The fraction of sp³-hybridized carbons (Fsp3) is 0. The zero-order valence-corrected chi connectivity index (χ0v) is 12.4. The van der Waals surface area contributed by atoms with Gasteiger partial charge in [-0.2, -0.15) is 9.61 Å². The highest BCUT2D eigenvalue weighted by Gasteiger charge is 2.17. The summed E-state index contributed by atoms with van der Waals surface area (Å²) in [6.07, 6.45) is 1.48. The highest BCUT2D eigenvalue weighted by atomic mass is 19.1. The molecule has 0 amide bonds. The molecule has 0 bridgehead atoms. The van der Waals surface area contributed by atoms with Crippen molar-refractivity contribution in [3.63, 3.8) is 0 Å². The van der Waals surface area contributed by atoms with Gasteiger partial charge >= 0.3 is 0 Å². The number of aromatic amines is 1. The Hall–Kier alpha value is -3.41. The number of rotatable bonds is 2. The average molecular weight is 321 g/mol. The highest BCUT2D eigenvalue weighted by Crippen LogP contribution is 2.29. The summed E-state index contributed by atoms with van der Waals surface area (Å²) in [5, 5.41) is 14.6. The number of nitrogens with zero attached hydrogens (tertiary/aromatic N) is 2. The first-order valence-corrected chi connectivity index (χ1v) is 7.29. The number of halogens is 1. The van der Waals surface area contributed by atoms with Gasteiger partial charge in [-0.3, -0.25) is 4.79 Å². The Balaban J connectivity index is 1.99. The Morgan fingerprint density at radius 1 is 1.04 bits per heavy atom. The van der Waals surface area contributed by atoms with E-state index in [2.05, 4.69) is 10.1 Å². The second-order valence-corrected chi connectivity index (χ2v) is 5.35. The van der Waals surface area contributed by atoms with Crippen molar-refractivity contribution in [2.45, 2.75) is 0 Å². The number of fused-ring (bicyclic) bond motifs is 1. The lowest BCUT2D eigenvalue weighted by molar-refractivity contribution is 0.437. The molecule has 4 aromatic rings. The minimum atomic E-state index is -0.440. The van der Waals surface area contributed by atoms with Crippen LogP contribution in [0, 0.1) is 5.82 Å². The van der Waals surface area contributed by atoms with Crippen molar-refractivity contribution < 1.29 is 9.50 Å². The van der Waals surface area contributed by atoms with E-state index < -0.39 is 5.56 Å². The summed E-state index contributed by atoms with van der Waals surface area (Å²) in [6, 6.07) is 14.8. The van der Waals surface area contributed by atoms with E-state index in [-0.39, 0.29) is 17.3 Å². The van der Waals surface area contributed by atoms with Crippen LogP contribution in [-0.2, 0) is 0 Å². The molecule has 0 aliphatic carbocycles. The Kier molecular flexibility index (Phi) is 3.16. The van der Waals surface area contributed by atoms with Crippen molar-refractivity contribution in [2.24, 2.45) is 0 Å². The summed E-state index contributed by atoms with van der Waals surface area (Å²) >= 11 is 0. The maximum Gasteiger partial charge on any atom is 0.262 e. The zero-order chi connectivity index (χ0) is 16.7. The third-order valence-electron chi connectivity index (χ3n) is 3.85. The van der Waals surface area contributed by atoms with E-state index in [9.17, 15) is 14.3 Å². The van der Waals surface area contributed by atoms with E-state index in [1.54, 1.807) is 36.4 Å². The molecule has 24 heavy (non-hydrogen) atoms. The van der Waals surface area contributed by atoms with Crippen molar-refractivity contribution in [3.05, 3.63) is 77.0 Å². The molecule has 0 aliphatic rings. The standard InChI is InChI=1S/C18H12FN3O2/c19-13-8-4-7-12(9-13)14-10-20-22-16(14)21-17(23)15(18(22)24)11-5-2-1-3-6-11/h1-10,24H,(H,21,23). The van der Waals surface area contributed by atoms with Crippen LogP contribution >= 0.6 is 0 Å². The number of nitrogens with one attached hydrogen (secondary N) is 1. The zero-order valence-electron chi connectivity index (χ0n) is 12.4. The summed E-state index contributed by atoms with van der Waals surface area (Å²) in [5.74, 6) is -0.651. The monoisotopic (exact) mass is 321 g/mol. The molecule has 0 saturated heterocycles. The molecule has 0 spiro atoms. The molecule has 2 heterocycles. The summed E-state index contributed by atoms with van der Waals surface area (Å²) in [5.41, 5.74) is 1.68. The van der Waals surface area contributed by atoms with E-state index in [4.69, 9.17) is 0 Å². The maximum atomic E-state index is 13.5. The van der Waals surface area contributed by atoms with Crippen LogP contribution in [0.3, 0.4) is 0 Å². The molecule has 4 rings (SSSR count). The van der Waals surface area contributed by atoms with Crippen LogP contribution in [0.5, 0.6) is 5.88 Å². The van der Waals surface area contributed by atoms with Gasteiger partial charge < -0.3 is 10.1 Å². The van der Waals surface area contributed by atoms with Gasteiger partial charge in [0.25, 0.3) is 5.56 Å². The van der Waals surface area contributed by atoms with Gasteiger partial charge in [0.1, 0.15) is 17.0 Å². The molecule has 0 saturated carbocycles. The molecule has 0 atom stereocenters. The molecule has 0 fully saturated rings. The van der Waals surface area contributed by atoms with Crippen molar-refractivity contribution in [3.8, 4) is 28.1 Å². The Morgan fingerprint density at radius 3 is 2.54 bits per heavy atom. The lowest BCUT2D eigenvalue weighted by Gasteiger charge is -2.06. The van der Waals surface area contributed by atoms with Gasteiger partial charge in [0.05, 0.1) is 6.20 Å². The molecule has 2 aromatic carbocycles. The van der Waals surface area contributed by atoms with Gasteiger partial charge in [0, 0.05) is 5.56 Å². The first-order valence-electron chi connectivity index (χ1n) is 7.29. The molecule has 2 aromatic heterocycles. The number of aromatic nitrogens is 3. The van der Waals surface area contributed by atoms with E-state index in [0.29, 0.717) is 22.3 Å². The fourth-order valence-corrected chi connectivity index (χ4v) is 2.74. The average Bonchev–Trinajstić information content (AvgIpc) is 3.00. The van der Waals surface area contributed by atoms with Crippen LogP contribution in [0.1, 0.15) is 0 Å². The summed E-state index contributed by atoms with van der Waals surface area (Å²) in [6.45, 7) is 0. The van der Waals surface area contributed by atoms with E-state index in [0.717, 1.165) is 0 Å². The number of benzene rings is 2. The highest BCUT2D eigenvalue weighted by molar-refractivity contribution is 5.79. The van der Waals surface area contributed by atoms with Crippen molar-refractivity contribution >= 4 is 5.65 Å². The van der Waals surface area contributed by atoms with Gasteiger partial charge in [-0.1, -0.05) is 42.5 Å². The van der Waals surface area contributed by atoms with Gasteiger partial charge in [0.2, 0.25) is 5.88 Å². The SMILES string of the molecule is O=c1[nH]c2c(-c3cccc(F)c3)cnn2c(O)c1-c1ccccc1. The van der Waals surface area contributed by atoms with Crippen molar-refractivity contribution in [1.29, 1.82) is 0 Å². The third-order valence-corrected chi connectivity index (χ3v) is 3.85. The number of hydrogen-bond acceptors (Lipinski definition) is 3. The number of aromatic hydroxyl groups is 1. The van der Waals surface area contributed by atoms with Gasteiger partial charge in [-0.05, 0) is 23.3 Å². The second kappa shape index (κ2) is 5.34. The number of hydrogen-bond donors (Lipinski definition) is 2. The van der Waals surface area contributed by atoms with E-state index in [1.165, 1.54) is 22.8 Å². The summed E-state index contributed by atoms with van der Waals surface area (Å²) in [4.78, 5) is 15.2. The summed E-state index contributed by atoms with van der Waals surface area (Å²) in [7, 11) is 0. The lowest BCUT2D eigenvalue weighted by Crippen LogP contribution is -2.12. The smallest absolute Gasteiger partial charge is 0.262 e. The van der Waals surface area contributed by atoms with Crippen LogP contribution < -0.4 is 5.56 Å². The molecular formula is C18H12FN3O2. The van der Waals surface area contributed by atoms with Crippen LogP contribution in [0.2, 0.25) is 0 Å². The van der Waals surface area contributed by atoms with E-state index >= 15 is 0 Å². The quantitative estimate of drug-likeness (QED) is 0.595. The minimum absolute atomic E-state index is 0.136. The normalized spacial score (nSPS) is 11.0. The predicted octanol–water partition coefficient (Wildman–Crippen LogP) is 3.20. The largest absolute Gasteiger partial charge is 0.493 e. The molecule has 2 N–H and O–H groups in total. The minimum Gasteiger partial charge on any atom is -0.493 e. The van der Waals surface area contributed by atoms with Crippen LogP contribution in [-0.4, -0.2) is 19.7 Å². The van der Waals surface area contributed by atoms with Crippen LogP contribution in [0.25, 0.3) is 27.9 Å². The van der Waals surface area contributed by atoms with Crippen LogP contribution in [0.15, 0.2) is 65.6 Å². The van der Waals surface area contributed by atoms with Crippen molar-refractivity contribution in [2.75, 3.05) is 0 Å². The topological polar surface area (TPSA) is 70.4 Å². The predicted molar refractivity (Wildman–Crippen MR) is 88.3 cm³/mol. The molecule has 6 heteroatoms. The Morgan fingerprint density at radius 2 is 1.79 bits per heavy atom. The van der Waals surface area contributed by atoms with Gasteiger partial charge in [-0.25, -0.2) is 4.39 Å². The van der Waals surface area contributed by atoms with Crippen molar-refractivity contribution in [1.82, 2.24) is 14.6 Å². The first-order chi connectivity index (χ1) is 11.6. The molecule has 0 radical (unpaired) electrons. The maximum absolute atomic E-state index is 13.5. The Bertz CT molecular complexity index is 1100. The van der Waals surface area contributed by atoms with Gasteiger partial charge in [0.15, 0.2) is 0 Å². The first kappa shape index (κ1) is 14.2.